The molecule has 0 amide bonds. The highest BCUT2D eigenvalue weighted by Crippen LogP contribution is 2.35. The van der Waals surface area contributed by atoms with E-state index in [1.807, 2.05) is 19.9 Å². The van der Waals surface area contributed by atoms with Crippen LogP contribution in [0.15, 0.2) is 42.7 Å². The summed E-state index contributed by atoms with van der Waals surface area (Å²) in [6.07, 6.45) is 6.03. The summed E-state index contributed by atoms with van der Waals surface area (Å²) in [7, 11) is 0. The molecule has 0 saturated carbocycles. The third-order valence-electron chi connectivity index (χ3n) is 4.92. The SMILES string of the molecule is C=C=CCCCC1COC(C)(c2ccc(CCNc3snc(C)c3Cl)cc2)O1. The molecular formula is C22H27ClN2O2S. The molecule has 1 saturated heterocycles. The molecule has 1 aromatic carbocycles. The van der Waals surface area contributed by atoms with Gasteiger partial charge < -0.3 is 14.8 Å². The van der Waals surface area contributed by atoms with Crippen LogP contribution in [0, 0.1) is 6.92 Å². The molecule has 4 nitrogen and oxygen atoms in total. The summed E-state index contributed by atoms with van der Waals surface area (Å²) >= 11 is 7.61. The summed E-state index contributed by atoms with van der Waals surface area (Å²) in [5, 5.41) is 5.01. The Bertz CT molecular complexity index is 830. The molecule has 0 bridgehead atoms. The fraction of sp³-hybridized carbons (Fsp3) is 0.455. The molecule has 6 heteroatoms. The van der Waals surface area contributed by atoms with E-state index in [1.165, 1.54) is 17.1 Å². The molecule has 150 valence electrons. The molecule has 2 heterocycles. The maximum atomic E-state index is 6.21. The van der Waals surface area contributed by atoms with Crippen LogP contribution in [0.25, 0.3) is 0 Å². The van der Waals surface area contributed by atoms with Crippen LogP contribution in [0.5, 0.6) is 0 Å². The molecule has 1 aliphatic heterocycles. The largest absolute Gasteiger partial charge is 0.374 e. The Balaban J connectivity index is 1.49. The Labute approximate surface area is 176 Å². The number of ether oxygens (including phenoxy) is 2. The number of nitrogens with zero attached hydrogens (tertiary/aromatic N) is 1. The van der Waals surface area contributed by atoms with E-state index in [1.54, 1.807) is 0 Å². The lowest BCUT2D eigenvalue weighted by Crippen LogP contribution is -2.23. The number of hydrogen-bond donors (Lipinski definition) is 1. The van der Waals surface area contributed by atoms with Crippen molar-refractivity contribution in [3.63, 3.8) is 0 Å². The molecular weight excluding hydrogens is 392 g/mol. The van der Waals surface area contributed by atoms with Crippen molar-refractivity contribution >= 4 is 28.1 Å². The first-order chi connectivity index (χ1) is 13.5. The number of nitrogens with one attached hydrogen (secondary N) is 1. The molecule has 1 fully saturated rings. The zero-order valence-corrected chi connectivity index (χ0v) is 18.0. The average molecular weight is 419 g/mol. The van der Waals surface area contributed by atoms with Gasteiger partial charge in [0.05, 0.1) is 23.4 Å². The number of anilines is 1. The van der Waals surface area contributed by atoms with Gasteiger partial charge in [-0.3, -0.25) is 0 Å². The van der Waals surface area contributed by atoms with Crippen molar-refractivity contribution in [3.8, 4) is 0 Å². The second-order valence-corrected chi connectivity index (χ2v) is 8.27. The van der Waals surface area contributed by atoms with Crippen LogP contribution in [0.1, 0.15) is 43.0 Å². The highest BCUT2D eigenvalue weighted by atomic mass is 35.5. The quantitative estimate of drug-likeness (QED) is 0.409. The smallest absolute Gasteiger partial charge is 0.192 e. The number of aromatic nitrogens is 1. The van der Waals surface area contributed by atoms with E-state index in [0.717, 1.165) is 53.5 Å². The third kappa shape index (κ3) is 5.25. The summed E-state index contributed by atoms with van der Waals surface area (Å²) in [5.41, 5.74) is 5.99. The van der Waals surface area contributed by atoms with Gasteiger partial charge in [-0.2, -0.15) is 4.37 Å². The molecule has 1 aromatic heterocycles. The van der Waals surface area contributed by atoms with Gasteiger partial charge in [0.2, 0.25) is 0 Å². The Morgan fingerprint density at radius 1 is 1.43 bits per heavy atom. The van der Waals surface area contributed by atoms with Crippen molar-refractivity contribution < 1.29 is 9.47 Å². The molecule has 0 aliphatic carbocycles. The summed E-state index contributed by atoms with van der Waals surface area (Å²) in [5.74, 6) is -0.663. The van der Waals surface area contributed by atoms with E-state index >= 15 is 0 Å². The Kier molecular flexibility index (Phi) is 7.33. The summed E-state index contributed by atoms with van der Waals surface area (Å²) < 4.78 is 16.5. The van der Waals surface area contributed by atoms with Crippen LogP contribution >= 0.6 is 23.1 Å². The first kappa shape index (κ1) is 21.1. The minimum atomic E-state index is -0.663. The van der Waals surface area contributed by atoms with Crippen LogP contribution in [0.2, 0.25) is 5.02 Å². The maximum absolute atomic E-state index is 6.21. The van der Waals surface area contributed by atoms with E-state index in [9.17, 15) is 0 Å². The molecule has 0 spiro atoms. The van der Waals surface area contributed by atoms with Crippen LogP contribution < -0.4 is 5.32 Å². The molecule has 1 N–H and O–H groups in total. The van der Waals surface area contributed by atoms with Gasteiger partial charge in [-0.15, -0.1) is 5.73 Å². The summed E-state index contributed by atoms with van der Waals surface area (Å²) in [6, 6.07) is 8.47. The fourth-order valence-corrected chi connectivity index (χ4v) is 4.22. The lowest BCUT2D eigenvalue weighted by molar-refractivity contribution is -0.162. The number of rotatable bonds is 9. The Morgan fingerprint density at radius 3 is 2.89 bits per heavy atom. The lowest BCUT2D eigenvalue weighted by Gasteiger charge is -2.24. The predicted octanol–water partition coefficient (Wildman–Crippen LogP) is 5.86. The number of unbranched alkanes of at least 4 members (excludes halogenated alkanes) is 1. The summed E-state index contributed by atoms with van der Waals surface area (Å²) in [6.45, 7) is 8.95. The topological polar surface area (TPSA) is 43.4 Å². The molecule has 2 aromatic rings. The van der Waals surface area contributed by atoms with Crippen molar-refractivity contribution in [2.45, 2.75) is 51.4 Å². The maximum Gasteiger partial charge on any atom is 0.192 e. The van der Waals surface area contributed by atoms with Crippen LogP contribution in [-0.4, -0.2) is 23.6 Å². The molecule has 2 atom stereocenters. The predicted molar refractivity (Wildman–Crippen MR) is 116 cm³/mol. The second kappa shape index (κ2) is 9.73. The van der Waals surface area contributed by atoms with Gasteiger partial charge in [0.15, 0.2) is 5.79 Å². The molecule has 2 unspecified atom stereocenters. The van der Waals surface area contributed by atoms with Crippen LogP contribution in [-0.2, 0) is 21.7 Å². The Morgan fingerprint density at radius 2 is 2.21 bits per heavy atom. The van der Waals surface area contributed by atoms with Gasteiger partial charge in [-0.1, -0.05) is 42.4 Å². The number of benzene rings is 1. The first-order valence-corrected chi connectivity index (χ1v) is 10.8. The zero-order chi connectivity index (χ0) is 20.0. The number of hydrogen-bond acceptors (Lipinski definition) is 5. The highest BCUT2D eigenvalue weighted by molar-refractivity contribution is 7.11. The molecule has 28 heavy (non-hydrogen) atoms. The number of aryl methyl sites for hydroxylation is 1. The minimum absolute atomic E-state index is 0.139. The average Bonchev–Trinajstić information content (AvgIpc) is 3.24. The minimum Gasteiger partial charge on any atom is -0.374 e. The van der Waals surface area contributed by atoms with Gasteiger partial charge in [0, 0.05) is 12.1 Å². The van der Waals surface area contributed by atoms with Gasteiger partial charge in [-0.05, 0) is 62.7 Å². The molecule has 0 radical (unpaired) electrons. The molecule has 3 rings (SSSR count). The highest BCUT2D eigenvalue weighted by Gasteiger charge is 2.38. The van der Waals surface area contributed by atoms with Gasteiger partial charge in [0.1, 0.15) is 5.00 Å². The fourth-order valence-electron chi connectivity index (χ4n) is 3.24. The van der Waals surface area contributed by atoms with Crippen molar-refractivity contribution in [1.29, 1.82) is 0 Å². The van der Waals surface area contributed by atoms with Gasteiger partial charge >= 0.3 is 0 Å². The van der Waals surface area contributed by atoms with E-state index in [2.05, 4.69) is 46.3 Å². The monoisotopic (exact) mass is 418 g/mol. The third-order valence-corrected chi connectivity index (χ3v) is 6.39. The second-order valence-electron chi connectivity index (χ2n) is 7.12. The van der Waals surface area contributed by atoms with Crippen molar-refractivity contribution in [2.75, 3.05) is 18.5 Å². The lowest BCUT2D eigenvalue weighted by atomic mass is 10.0. The number of allylic oxidation sites excluding steroid dienone is 1. The van der Waals surface area contributed by atoms with Crippen molar-refractivity contribution in [1.82, 2.24) is 4.37 Å². The zero-order valence-electron chi connectivity index (χ0n) is 16.5. The number of halogens is 1. The normalized spacial score (nSPS) is 21.5. The van der Waals surface area contributed by atoms with E-state index in [-0.39, 0.29) is 6.10 Å². The van der Waals surface area contributed by atoms with E-state index in [0.29, 0.717) is 6.61 Å². The van der Waals surface area contributed by atoms with E-state index in [4.69, 9.17) is 21.1 Å². The Hall–Kier alpha value is -1.62. The first-order valence-electron chi connectivity index (χ1n) is 9.63. The van der Waals surface area contributed by atoms with Gasteiger partial charge in [0.25, 0.3) is 0 Å². The standard InChI is InChI=1S/C22H27ClN2O2S/c1-4-5-6-7-8-19-15-26-22(3,27-19)18-11-9-17(10-12-18)13-14-24-21-20(23)16(2)25-28-21/h5,9-12,19,24H,1,6-8,13-15H2,2-3H3. The summed E-state index contributed by atoms with van der Waals surface area (Å²) in [4.78, 5) is 0. The van der Waals surface area contributed by atoms with Crippen LogP contribution in [0.4, 0.5) is 5.00 Å². The van der Waals surface area contributed by atoms with Crippen LogP contribution in [0.3, 0.4) is 0 Å². The van der Waals surface area contributed by atoms with Crippen molar-refractivity contribution in [3.05, 3.63) is 64.5 Å². The van der Waals surface area contributed by atoms with Crippen molar-refractivity contribution in [2.24, 2.45) is 0 Å². The molecule has 1 aliphatic rings. The van der Waals surface area contributed by atoms with Gasteiger partial charge in [-0.25, -0.2) is 0 Å². The van der Waals surface area contributed by atoms with E-state index < -0.39 is 5.79 Å².